The van der Waals surface area contributed by atoms with Crippen molar-refractivity contribution in [2.75, 3.05) is 46.5 Å². The second-order valence-corrected chi connectivity index (χ2v) is 16.3. The molecule has 16 nitrogen and oxygen atoms in total. The van der Waals surface area contributed by atoms with Gasteiger partial charge in [0.2, 0.25) is 17.7 Å². The molecule has 16 heteroatoms. The molecule has 5 atom stereocenters. The minimum absolute atomic E-state index is 0.0231. The van der Waals surface area contributed by atoms with Gasteiger partial charge in [-0.25, -0.2) is 0 Å². The summed E-state index contributed by atoms with van der Waals surface area (Å²) in [6, 6.07) is 8.75. The van der Waals surface area contributed by atoms with Crippen LogP contribution < -0.4 is 37.3 Å². The van der Waals surface area contributed by atoms with E-state index in [2.05, 4.69) is 17.6 Å². The van der Waals surface area contributed by atoms with Crippen molar-refractivity contribution in [3.8, 4) is 28.7 Å². The second kappa shape index (κ2) is 27.8. The molecular weight excluding hydrogens is 807 g/mol. The summed E-state index contributed by atoms with van der Waals surface area (Å²) >= 11 is 0. The Morgan fingerprint density at radius 3 is 2.16 bits per heavy atom. The van der Waals surface area contributed by atoms with E-state index in [4.69, 9.17) is 26.7 Å². The summed E-state index contributed by atoms with van der Waals surface area (Å²) in [5, 5.41) is 24.8. The van der Waals surface area contributed by atoms with Crippen LogP contribution >= 0.6 is 0 Å². The van der Waals surface area contributed by atoms with Crippen LogP contribution in [0.3, 0.4) is 0 Å². The molecule has 3 amide bonds. The van der Waals surface area contributed by atoms with Gasteiger partial charge in [0.25, 0.3) is 0 Å². The van der Waals surface area contributed by atoms with Gasteiger partial charge in [-0.15, -0.1) is 0 Å². The molecule has 0 aliphatic carbocycles. The van der Waals surface area contributed by atoms with Crippen molar-refractivity contribution in [1.82, 2.24) is 15.5 Å². The number of likely N-dealkylation sites (N-methyl/N-ethyl adjacent to an activating group) is 1. The van der Waals surface area contributed by atoms with Crippen molar-refractivity contribution >= 4 is 35.1 Å². The molecule has 2 aromatic rings. The number of amides is 3. The second-order valence-electron chi connectivity index (χ2n) is 16.3. The first-order valence-corrected chi connectivity index (χ1v) is 22.4. The van der Waals surface area contributed by atoms with Crippen LogP contribution in [0.4, 0.5) is 0 Å². The van der Waals surface area contributed by atoms with Crippen molar-refractivity contribution < 1.29 is 43.3 Å². The molecule has 0 saturated heterocycles. The minimum atomic E-state index is -1.28. The average molecular weight is 876 g/mol. The predicted octanol–water partition coefficient (Wildman–Crippen LogP) is 3.58. The van der Waals surface area contributed by atoms with Gasteiger partial charge in [0.1, 0.15) is 36.8 Å². The van der Waals surface area contributed by atoms with Crippen LogP contribution in [0.1, 0.15) is 114 Å². The van der Waals surface area contributed by atoms with Gasteiger partial charge in [-0.2, -0.15) is 5.26 Å². The third kappa shape index (κ3) is 16.1. The number of ether oxygens (including phenoxy) is 2. The van der Waals surface area contributed by atoms with Crippen LogP contribution in [0.25, 0.3) is 11.1 Å². The van der Waals surface area contributed by atoms with Crippen molar-refractivity contribution in [3.63, 3.8) is 0 Å². The van der Waals surface area contributed by atoms with Crippen molar-refractivity contribution in [1.29, 1.82) is 5.26 Å². The average Bonchev–Trinajstić information content (AvgIpc) is 3.27. The number of Topliss-reactive ketones (excluding diaryl/α,β-unsaturated/α-hetero) is 3. The Labute approximate surface area is 372 Å². The molecule has 0 fully saturated rings. The van der Waals surface area contributed by atoms with Gasteiger partial charge in [-0.1, -0.05) is 64.5 Å². The Bertz CT molecular complexity index is 1880. The lowest BCUT2D eigenvalue weighted by Crippen LogP contribution is -2.47. The van der Waals surface area contributed by atoms with Gasteiger partial charge in [-0.05, 0) is 61.2 Å². The summed E-state index contributed by atoms with van der Waals surface area (Å²) in [6.07, 6.45) is 6.62. The topological polar surface area (TPSA) is 270 Å². The lowest BCUT2D eigenvalue weighted by atomic mass is 9.88. The molecule has 0 spiro atoms. The van der Waals surface area contributed by atoms with Crippen LogP contribution in [0, 0.1) is 23.2 Å². The molecular formula is C47H69N7O9. The number of nitrogens with two attached hydrogens (primary N) is 3. The number of fused-ring (bicyclic) bond motifs is 5. The molecule has 346 valence electrons. The summed E-state index contributed by atoms with van der Waals surface area (Å²) in [6.45, 7) is 3.78. The number of carbonyl (C=O) groups excluding carboxylic acids is 6. The van der Waals surface area contributed by atoms with Crippen LogP contribution in [-0.2, 0) is 35.2 Å². The van der Waals surface area contributed by atoms with Crippen molar-refractivity contribution in [3.05, 3.63) is 47.5 Å². The minimum Gasteiger partial charge on any atom is -0.492 e. The number of aliphatic hydroxyl groups excluding tert-OH is 1. The van der Waals surface area contributed by atoms with Gasteiger partial charge in [-0.3, -0.25) is 28.8 Å². The molecule has 2 aromatic carbocycles. The highest BCUT2D eigenvalue weighted by Gasteiger charge is 2.37. The largest absolute Gasteiger partial charge is 0.492 e. The number of rotatable bonds is 26. The number of ketones is 3. The monoisotopic (exact) mass is 876 g/mol. The fourth-order valence-corrected chi connectivity index (χ4v) is 7.76. The summed E-state index contributed by atoms with van der Waals surface area (Å²) in [5.74, 6) is -4.08. The molecule has 63 heavy (non-hydrogen) atoms. The van der Waals surface area contributed by atoms with E-state index in [1.807, 2.05) is 6.07 Å². The van der Waals surface area contributed by atoms with Crippen LogP contribution in [0.5, 0.6) is 11.5 Å². The van der Waals surface area contributed by atoms with Crippen LogP contribution in [0.15, 0.2) is 36.4 Å². The lowest BCUT2D eigenvalue weighted by Gasteiger charge is -2.32. The molecule has 0 unspecified atom stereocenters. The Kier molecular flexibility index (Phi) is 23.0. The molecule has 0 aromatic heterocycles. The smallest absolute Gasteiger partial charge is 0.226 e. The molecule has 1 aliphatic rings. The van der Waals surface area contributed by atoms with E-state index >= 15 is 0 Å². The lowest BCUT2D eigenvalue weighted by molar-refractivity contribution is -0.144. The van der Waals surface area contributed by atoms with Gasteiger partial charge < -0.3 is 47.3 Å². The van der Waals surface area contributed by atoms with E-state index < -0.39 is 59.9 Å². The number of aliphatic hydroxyl groups is 1. The third-order valence-corrected chi connectivity index (χ3v) is 11.3. The fourth-order valence-electron chi connectivity index (χ4n) is 7.76. The zero-order valence-electron chi connectivity index (χ0n) is 37.3. The van der Waals surface area contributed by atoms with Gasteiger partial charge in [0, 0.05) is 75.2 Å². The molecule has 3 rings (SSSR count). The zero-order chi connectivity index (χ0) is 46.3. The SMILES string of the molecule is CCCCCCCCCC(=O)N[C@@H](CO)C(=O)C[C@@H](CCN)C(=O)N(C)[C@@H]1C(=O)C[C@@H](C)C(=O)N[C@H](C(=O)CCC#N)Cc2ccc(OCCN)c(c2)-c2cc1ccc2OCCN. The standard InChI is InChI=1S/C47H69N7O9/c1-4-5-6-7-8-9-10-13-44(59)52-38(30-55)40(57)29-34(18-20-49)47(61)54(3)45-33-15-17-43(63-24-22-51)36(28-33)35-26-32(14-16-42(35)62-23-21-50)27-37(39(56)12-11-19-48)53-46(60)31(2)25-41(45)58/h14-17,26,28,31,34,37-38,45,55H,4-13,18,20-25,27,29-30,49-51H2,1-3H3,(H,52,59)(H,53,60)/t31-,34-,37+,38+,45+/m1/s1. The normalized spacial score (nSPS) is 17.3. The third-order valence-electron chi connectivity index (χ3n) is 11.3. The van der Waals surface area contributed by atoms with E-state index in [0.29, 0.717) is 40.2 Å². The Hall–Kier alpha value is -5.21. The molecule has 0 saturated carbocycles. The highest BCUT2D eigenvalue weighted by atomic mass is 16.5. The van der Waals surface area contributed by atoms with E-state index in [-0.39, 0.29) is 89.5 Å². The van der Waals surface area contributed by atoms with Gasteiger partial charge in [0.15, 0.2) is 17.3 Å². The number of nitrogens with one attached hydrogen (secondary N) is 2. The molecule has 1 heterocycles. The molecule has 0 radical (unpaired) electrons. The molecule has 9 N–H and O–H groups in total. The predicted molar refractivity (Wildman–Crippen MR) is 239 cm³/mol. The number of hydrogen-bond donors (Lipinski definition) is 6. The zero-order valence-corrected chi connectivity index (χ0v) is 37.3. The van der Waals surface area contributed by atoms with E-state index in [1.165, 1.54) is 18.4 Å². The van der Waals surface area contributed by atoms with Gasteiger partial charge in [0.05, 0.1) is 18.7 Å². The van der Waals surface area contributed by atoms with Crippen LogP contribution in [-0.4, -0.2) is 104 Å². The van der Waals surface area contributed by atoms with Crippen LogP contribution in [0.2, 0.25) is 0 Å². The number of nitrogens with zero attached hydrogens (tertiary/aromatic N) is 2. The number of nitriles is 1. The molecule has 4 bridgehead atoms. The Morgan fingerprint density at radius 2 is 1.54 bits per heavy atom. The number of benzene rings is 2. The Morgan fingerprint density at radius 1 is 0.905 bits per heavy atom. The van der Waals surface area contributed by atoms with E-state index in [1.54, 1.807) is 43.3 Å². The summed E-state index contributed by atoms with van der Waals surface area (Å²) in [7, 11) is 1.44. The number of unbranched alkanes of at least 4 members (excludes halogenated alkanes) is 6. The van der Waals surface area contributed by atoms with Gasteiger partial charge >= 0.3 is 0 Å². The van der Waals surface area contributed by atoms with Crippen molar-refractivity contribution in [2.45, 2.75) is 122 Å². The maximum Gasteiger partial charge on any atom is 0.226 e. The first-order valence-electron chi connectivity index (χ1n) is 22.4. The highest BCUT2D eigenvalue weighted by Crippen LogP contribution is 2.41. The maximum absolute atomic E-state index is 14.6. The summed E-state index contributed by atoms with van der Waals surface area (Å²) in [4.78, 5) is 84.0. The molecule has 1 aliphatic heterocycles. The van der Waals surface area contributed by atoms with Crippen molar-refractivity contribution in [2.24, 2.45) is 29.0 Å². The fraction of sp³-hybridized carbons (Fsp3) is 0.596. The Balaban J connectivity index is 2.07. The number of hydrogen-bond acceptors (Lipinski definition) is 13. The highest BCUT2D eigenvalue weighted by molar-refractivity contribution is 5.97. The summed E-state index contributed by atoms with van der Waals surface area (Å²) < 4.78 is 12.2. The first kappa shape index (κ1) is 52.1. The number of carbonyl (C=O) groups is 6. The maximum atomic E-state index is 14.6. The van der Waals surface area contributed by atoms with E-state index in [0.717, 1.165) is 32.1 Å². The quantitative estimate of drug-likeness (QED) is 0.0739. The first-order chi connectivity index (χ1) is 30.3. The van der Waals surface area contributed by atoms with E-state index in [9.17, 15) is 39.1 Å². The summed E-state index contributed by atoms with van der Waals surface area (Å²) in [5.41, 5.74) is 19.7.